The van der Waals surface area contributed by atoms with Gasteiger partial charge in [0.05, 0.1) is 12.4 Å². The first-order valence-corrected chi connectivity index (χ1v) is 7.05. The van der Waals surface area contributed by atoms with E-state index in [1.807, 2.05) is 0 Å². The van der Waals surface area contributed by atoms with E-state index in [-0.39, 0.29) is 0 Å². The molecule has 0 amide bonds. The van der Waals surface area contributed by atoms with Crippen LogP contribution in [0.1, 0.15) is 18.6 Å². The summed E-state index contributed by atoms with van der Waals surface area (Å²) in [5, 5.41) is 0. The number of ether oxygens (including phenoxy) is 2. The van der Waals surface area contributed by atoms with E-state index in [1.165, 1.54) is 0 Å². The first-order chi connectivity index (χ1) is 7.96. The summed E-state index contributed by atoms with van der Waals surface area (Å²) in [5.74, 6) is 1.30. The van der Waals surface area contributed by atoms with Crippen LogP contribution in [0.15, 0.2) is 18.2 Å². The maximum atomic E-state index is 11.0. The average Bonchev–Trinajstić information content (AvgIpc) is 2.26. The lowest BCUT2D eigenvalue weighted by atomic mass is 10.1. The van der Waals surface area contributed by atoms with Gasteiger partial charge in [0.25, 0.3) is 10.1 Å². The molecule has 0 aliphatic carbocycles. The summed E-state index contributed by atoms with van der Waals surface area (Å²) in [6.45, 7) is 2.70. The van der Waals surface area contributed by atoms with Gasteiger partial charge in [-0.05, 0) is 24.6 Å². The van der Waals surface area contributed by atoms with Crippen LogP contribution in [0.4, 0.5) is 0 Å². The zero-order chi connectivity index (χ0) is 12.5. The van der Waals surface area contributed by atoms with Crippen molar-refractivity contribution < 1.29 is 22.1 Å². The van der Waals surface area contributed by atoms with Crippen LogP contribution in [0.2, 0.25) is 0 Å². The molecule has 0 saturated carbocycles. The Kier molecular flexibility index (Phi) is 3.26. The zero-order valence-corrected chi connectivity index (χ0v) is 10.5. The lowest BCUT2D eigenvalue weighted by molar-refractivity contribution is 0.170. The molecular weight excluding hydrogens is 244 g/mol. The van der Waals surface area contributed by atoms with Gasteiger partial charge in [-0.1, -0.05) is 6.07 Å². The number of hydrogen-bond acceptors (Lipinski definition) is 5. The molecule has 0 aromatic heterocycles. The van der Waals surface area contributed by atoms with Crippen molar-refractivity contribution in [2.24, 2.45) is 0 Å². The molecule has 1 aliphatic heterocycles. The van der Waals surface area contributed by atoms with Crippen LogP contribution in [-0.2, 0) is 14.3 Å². The van der Waals surface area contributed by atoms with Crippen molar-refractivity contribution in [3.8, 4) is 11.5 Å². The van der Waals surface area contributed by atoms with E-state index < -0.39 is 16.2 Å². The number of hydrogen-bond donors (Lipinski definition) is 0. The van der Waals surface area contributed by atoms with Crippen LogP contribution in [0.5, 0.6) is 11.5 Å². The van der Waals surface area contributed by atoms with Gasteiger partial charge in [0, 0.05) is 0 Å². The second kappa shape index (κ2) is 4.54. The van der Waals surface area contributed by atoms with Gasteiger partial charge < -0.3 is 9.47 Å². The molecule has 1 aromatic rings. The van der Waals surface area contributed by atoms with Gasteiger partial charge in [-0.15, -0.1) is 0 Å². The molecule has 1 unspecified atom stereocenters. The fourth-order valence-electron chi connectivity index (χ4n) is 1.63. The summed E-state index contributed by atoms with van der Waals surface area (Å²) < 4.78 is 37.7. The molecule has 6 heteroatoms. The third-order valence-electron chi connectivity index (χ3n) is 2.35. The maximum Gasteiger partial charge on any atom is 0.264 e. The average molecular weight is 258 g/mol. The second-order valence-electron chi connectivity index (χ2n) is 3.85. The molecule has 0 fully saturated rings. The molecule has 0 bridgehead atoms. The van der Waals surface area contributed by atoms with Crippen LogP contribution < -0.4 is 9.47 Å². The lowest BCUT2D eigenvalue weighted by Gasteiger charge is -2.20. The minimum absolute atomic E-state index is 0.498. The fraction of sp³-hybridized carbons (Fsp3) is 0.455. The highest BCUT2D eigenvalue weighted by Gasteiger charge is 2.17. The fourth-order valence-corrected chi connectivity index (χ4v) is 2.27. The lowest BCUT2D eigenvalue weighted by Crippen LogP contribution is -2.16. The summed E-state index contributed by atoms with van der Waals surface area (Å²) in [6, 6.07) is 5.26. The molecule has 1 atom stereocenters. The molecule has 5 nitrogen and oxygen atoms in total. The van der Waals surface area contributed by atoms with E-state index in [2.05, 4.69) is 0 Å². The van der Waals surface area contributed by atoms with Gasteiger partial charge in [0.15, 0.2) is 11.5 Å². The first kappa shape index (κ1) is 12.2. The molecule has 94 valence electrons. The predicted molar refractivity (Wildman–Crippen MR) is 61.8 cm³/mol. The Morgan fingerprint density at radius 2 is 1.88 bits per heavy atom. The van der Waals surface area contributed by atoms with Crippen molar-refractivity contribution >= 4 is 10.1 Å². The zero-order valence-electron chi connectivity index (χ0n) is 9.67. The second-order valence-corrected chi connectivity index (χ2v) is 5.45. The van der Waals surface area contributed by atoms with Crippen molar-refractivity contribution in [3.63, 3.8) is 0 Å². The van der Waals surface area contributed by atoms with Crippen molar-refractivity contribution in [1.82, 2.24) is 0 Å². The topological polar surface area (TPSA) is 61.8 Å². The Balaban J connectivity index is 2.22. The van der Waals surface area contributed by atoms with Crippen LogP contribution >= 0.6 is 0 Å². The summed E-state index contributed by atoms with van der Waals surface area (Å²) in [6.07, 6.45) is 0.488. The highest BCUT2D eigenvalue weighted by Crippen LogP contribution is 2.33. The Labute approximate surface area is 100 Å². The monoisotopic (exact) mass is 258 g/mol. The van der Waals surface area contributed by atoms with Gasteiger partial charge in [0.2, 0.25) is 0 Å². The van der Waals surface area contributed by atoms with Crippen LogP contribution in [0.25, 0.3) is 0 Å². The highest BCUT2D eigenvalue weighted by molar-refractivity contribution is 7.86. The van der Waals surface area contributed by atoms with Crippen LogP contribution in [0, 0.1) is 0 Å². The Morgan fingerprint density at radius 3 is 2.53 bits per heavy atom. The van der Waals surface area contributed by atoms with Gasteiger partial charge in [0.1, 0.15) is 13.2 Å². The minimum Gasteiger partial charge on any atom is -0.486 e. The van der Waals surface area contributed by atoms with Crippen LogP contribution in [0.3, 0.4) is 0 Å². The Hall–Kier alpha value is -1.27. The van der Waals surface area contributed by atoms with Gasteiger partial charge in [-0.3, -0.25) is 4.18 Å². The molecule has 2 rings (SSSR count). The van der Waals surface area contributed by atoms with Gasteiger partial charge in [-0.25, -0.2) is 0 Å². The SMILES string of the molecule is CC(OS(C)(=O)=O)c1ccc2c(c1)OCCO2. The molecule has 1 aromatic carbocycles. The van der Waals surface area contributed by atoms with Crippen molar-refractivity contribution in [2.45, 2.75) is 13.0 Å². The Morgan fingerprint density at radius 1 is 1.24 bits per heavy atom. The molecule has 0 N–H and O–H groups in total. The predicted octanol–water partition coefficient (Wildman–Crippen LogP) is 1.49. The molecule has 1 aliphatic rings. The Bertz CT molecular complexity index is 509. The van der Waals surface area contributed by atoms with E-state index in [9.17, 15) is 8.42 Å². The van der Waals surface area contributed by atoms with Gasteiger partial charge in [-0.2, -0.15) is 8.42 Å². The number of benzene rings is 1. The smallest absolute Gasteiger partial charge is 0.264 e. The summed E-state index contributed by atoms with van der Waals surface area (Å²) >= 11 is 0. The van der Waals surface area contributed by atoms with Crippen LogP contribution in [-0.4, -0.2) is 27.9 Å². The summed E-state index contributed by atoms with van der Waals surface area (Å²) in [7, 11) is -3.46. The van der Waals surface area contributed by atoms with E-state index in [1.54, 1.807) is 25.1 Å². The third-order valence-corrected chi connectivity index (χ3v) is 2.99. The van der Waals surface area contributed by atoms with Crippen molar-refractivity contribution in [2.75, 3.05) is 19.5 Å². The van der Waals surface area contributed by atoms with E-state index in [4.69, 9.17) is 13.7 Å². The standard InChI is InChI=1S/C11H14O5S/c1-8(16-17(2,12)13)9-3-4-10-11(7-9)15-6-5-14-10/h3-4,7-8H,5-6H2,1-2H3. The van der Waals surface area contributed by atoms with E-state index in [0.29, 0.717) is 24.7 Å². The van der Waals surface area contributed by atoms with Crippen molar-refractivity contribution in [1.29, 1.82) is 0 Å². The molecule has 1 heterocycles. The number of fused-ring (bicyclic) bond motifs is 1. The molecular formula is C11H14O5S. The number of rotatable bonds is 3. The summed E-state index contributed by atoms with van der Waals surface area (Å²) in [5.41, 5.74) is 0.736. The minimum atomic E-state index is -3.46. The molecule has 0 spiro atoms. The third kappa shape index (κ3) is 3.10. The largest absolute Gasteiger partial charge is 0.486 e. The maximum absolute atomic E-state index is 11.0. The quantitative estimate of drug-likeness (QED) is 0.769. The van der Waals surface area contributed by atoms with E-state index in [0.717, 1.165) is 11.8 Å². The van der Waals surface area contributed by atoms with E-state index >= 15 is 0 Å². The molecule has 0 radical (unpaired) electrons. The first-order valence-electron chi connectivity index (χ1n) is 5.23. The van der Waals surface area contributed by atoms with Gasteiger partial charge >= 0.3 is 0 Å². The summed E-state index contributed by atoms with van der Waals surface area (Å²) in [4.78, 5) is 0. The molecule has 0 saturated heterocycles. The normalized spacial score (nSPS) is 16.6. The highest BCUT2D eigenvalue weighted by atomic mass is 32.2. The molecule has 17 heavy (non-hydrogen) atoms. The van der Waals surface area contributed by atoms with Crippen molar-refractivity contribution in [3.05, 3.63) is 23.8 Å².